The zero-order valence-corrected chi connectivity index (χ0v) is 11.1. The van der Waals surface area contributed by atoms with Crippen molar-refractivity contribution in [3.8, 4) is 10.6 Å². The number of hydrogen-bond donors (Lipinski definition) is 0. The second-order valence-electron chi connectivity index (χ2n) is 3.65. The summed E-state index contributed by atoms with van der Waals surface area (Å²) in [6.07, 6.45) is -2.30. The summed E-state index contributed by atoms with van der Waals surface area (Å²) >= 11 is 3.11. The summed E-state index contributed by atoms with van der Waals surface area (Å²) in [4.78, 5) is 4.38. The predicted molar refractivity (Wildman–Crippen MR) is 69.8 cm³/mol. The third-order valence-corrected chi connectivity index (χ3v) is 3.83. The summed E-state index contributed by atoms with van der Waals surface area (Å²) in [5, 5.41) is 2.69. The van der Waals surface area contributed by atoms with Crippen molar-refractivity contribution in [1.29, 1.82) is 0 Å². The Hall–Kier alpha value is -1.01. The highest BCUT2D eigenvalue weighted by molar-refractivity contribution is 7.97. The number of hydrogen-bond acceptors (Lipinski definition) is 3. The monoisotopic (exact) mass is 289 g/mol. The molecule has 0 N–H and O–H groups in total. The second kappa shape index (κ2) is 5.32. The van der Waals surface area contributed by atoms with E-state index in [1.807, 2.05) is 11.6 Å². The van der Waals surface area contributed by atoms with Gasteiger partial charge in [0.05, 0.1) is 11.3 Å². The molecule has 0 radical (unpaired) electrons. The molecule has 6 heteroatoms. The minimum Gasteiger partial charge on any atom is -0.240 e. The minimum absolute atomic E-state index is 0.632. The van der Waals surface area contributed by atoms with Crippen LogP contribution < -0.4 is 0 Å². The molecule has 0 amide bonds. The lowest BCUT2D eigenvalue weighted by molar-refractivity contribution is -0.137. The van der Waals surface area contributed by atoms with Crippen molar-refractivity contribution < 1.29 is 13.2 Å². The van der Waals surface area contributed by atoms with Crippen LogP contribution in [0.25, 0.3) is 10.6 Å². The summed E-state index contributed by atoms with van der Waals surface area (Å²) in [7, 11) is 0. The van der Waals surface area contributed by atoms with Crippen LogP contribution in [0.2, 0.25) is 0 Å². The number of alkyl halides is 3. The van der Waals surface area contributed by atoms with Gasteiger partial charge in [0, 0.05) is 16.7 Å². The molecule has 0 spiro atoms. The maximum atomic E-state index is 12.4. The smallest absolute Gasteiger partial charge is 0.240 e. The number of halogens is 3. The Morgan fingerprint density at radius 2 is 1.89 bits per heavy atom. The lowest BCUT2D eigenvalue weighted by Crippen LogP contribution is -2.03. The summed E-state index contributed by atoms with van der Waals surface area (Å²) in [6.45, 7) is 0. The molecule has 0 atom stereocenters. The molecule has 1 nitrogen and oxygen atoms in total. The number of nitrogens with zero attached hydrogens (tertiary/aromatic N) is 1. The van der Waals surface area contributed by atoms with Crippen LogP contribution in [0.1, 0.15) is 11.3 Å². The molecule has 0 aliphatic rings. The molecule has 0 aliphatic heterocycles. The fourth-order valence-corrected chi connectivity index (χ4v) is 2.83. The van der Waals surface area contributed by atoms with Gasteiger partial charge in [-0.25, -0.2) is 4.98 Å². The molecular weight excluding hydrogens is 279 g/mol. The lowest BCUT2D eigenvalue weighted by Gasteiger charge is -2.06. The first-order valence-electron chi connectivity index (χ1n) is 5.11. The van der Waals surface area contributed by atoms with Crippen molar-refractivity contribution in [3.05, 3.63) is 40.9 Å². The van der Waals surface area contributed by atoms with Gasteiger partial charge in [-0.2, -0.15) is 24.9 Å². The van der Waals surface area contributed by atoms with Gasteiger partial charge in [-0.1, -0.05) is 12.1 Å². The van der Waals surface area contributed by atoms with Crippen molar-refractivity contribution in [2.75, 3.05) is 6.26 Å². The van der Waals surface area contributed by atoms with Gasteiger partial charge in [-0.15, -0.1) is 11.3 Å². The number of thiazole rings is 1. The summed E-state index contributed by atoms with van der Waals surface area (Å²) in [6, 6.07) is 5.10. The van der Waals surface area contributed by atoms with E-state index in [1.165, 1.54) is 23.5 Å². The summed E-state index contributed by atoms with van der Waals surface area (Å²) < 4.78 is 37.2. The first kappa shape index (κ1) is 13.4. The Kier molecular flexibility index (Phi) is 3.97. The van der Waals surface area contributed by atoms with E-state index in [2.05, 4.69) is 4.98 Å². The van der Waals surface area contributed by atoms with Crippen molar-refractivity contribution in [2.45, 2.75) is 11.9 Å². The van der Waals surface area contributed by atoms with E-state index in [1.54, 1.807) is 11.8 Å². The van der Waals surface area contributed by atoms with Crippen molar-refractivity contribution in [3.63, 3.8) is 0 Å². The Morgan fingerprint density at radius 3 is 2.44 bits per heavy atom. The Bertz CT molecular complexity index is 517. The highest BCUT2D eigenvalue weighted by Gasteiger charge is 2.30. The largest absolute Gasteiger partial charge is 0.416 e. The molecule has 96 valence electrons. The molecule has 2 aromatic rings. The fraction of sp³-hybridized carbons (Fsp3) is 0.250. The van der Waals surface area contributed by atoms with Gasteiger partial charge >= 0.3 is 6.18 Å². The van der Waals surface area contributed by atoms with Crippen LogP contribution in [-0.4, -0.2) is 11.2 Å². The molecule has 1 aromatic heterocycles. The van der Waals surface area contributed by atoms with Crippen molar-refractivity contribution in [2.24, 2.45) is 0 Å². The molecular formula is C12H10F3NS2. The number of thioether (sulfide) groups is 1. The van der Waals surface area contributed by atoms with Gasteiger partial charge < -0.3 is 0 Å². The average molecular weight is 289 g/mol. The first-order valence-corrected chi connectivity index (χ1v) is 7.39. The molecule has 0 bridgehead atoms. The van der Waals surface area contributed by atoms with Crippen molar-refractivity contribution in [1.82, 2.24) is 4.98 Å². The number of rotatable bonds is 3. The zero-order chi connectivity index (χ0) is 13.2. The summed E-state index contributed by atoms with van der Waals surface area (Å²) in [5.41, 5.74) is 1.05. The standard InChI is InChI=1S/C12H10F3NS2/c1-17-6-10-7-18-11(16-10)8-2-4-9(5-3-8)12(13,14)15/h2-5,7H,6H2,1H3. The molecule has 1 aromatic carbocycles. The molecule has 0 aliphatic carbocycles. The SMILES string of the molecule is CSCc1csc(-c2ccc(C(F)(F)F)cc2)n1. The van der Waals surface area contributed by atoms with Crippen LogP contribution >= 0.6 is 23.1 Å². The Labute approximate surface area is 111 Å². The summed E-state index contributed by atoms with van der Waals surface area (Å²) in [5.74, 6) is 0.817. The Balaban J connectivity index is 2.23. The fourth-order valence-electron chi connectivity index (χ4n) is 1.46. The minimum atomic E-state index is -4.29. The van der Waals surface area contributed by atoms with E-state index in [0.29, 0.717) is 0 Å². The van der Waals surface area contributed by atoms with Gasteiger partial charge in [-0.3, -0.25) is 0 Å². The topological polar surface area (TPSA) is 12.9 Å². The van der Waals surface area contributed by atoms with Crippen LogP contribution in [0.5, 0.6) is 0 Å². The number of benzene rings is 1. The van der Waals surface area contributed by atoms with Crippen LogP contribution in [0.15, 0.2) is 29.6 Å². The molecule has 1 heterocycles. The van der Waals surface area contributed by atoms with E-state index in [4.69, 9.17) is 0 Å². The van der Waals surface area contributed by atoms with Crippen molar-refractivity contribution >= 4 is 23.1 Å². The van der Waals surface area contributed by atoms with Crippen LogP contribution in [0.4, 0.5) is 13.2 Å². The lowest BCUT2D eigenvalue weighted by atomic mass is 10.1. The van der Waals surface area contributed by atoms with E-state index >= 15 is 0 Å². The maximum absolute atomic E-state index is 12.4. The number of aromatic nitrogens is 1. The maximum Gasteiger partial charge on any atom is 0.416 e. The normalized spacial score (nSPS) is 11.8. The molecule has 18 heavy (non-hydrogen) atoms. The molecule has 0 saturated heterocycles. The second-order valence-corrected chi connectivity index (χ2v) is 5.38. The molecule has 0 saturated carbocycles. The van der Waals surface area contributed by atoms with Crippen LogP contribution in [-0.2, 0) is 11.9 Å². The highest BCUT2D eigenvalue weighted by atomic mass is 32.2. The molecule has 0 unspecified atom stereocenters. The van der Waals surface area contributed by atoms with Gasteiger partial charge in [0.25, 0.3) is 0 Å². The predicted octanol–water partition coefficient (Wildman–Crippen LogP) is 4.69. The highest BCUT2D eigenvalue weighted by Crippen LogP contribution is 2.31. The van der Waals surface area contributed by atoms with Crippen LogP contribution in [0.3, 0.4) is 0 Å². The van der Waals surface area contributed by atoms with E-state index < -0.39 is 11.7 Å². The average Bonchev–Trinajstić information content (AvgIpc) is 2.77. The quantitative estimate of drug-likeness (QED) is 0.813. The van der Waals surface area contributed by atoms with Gasteiger partial charge in [0.15, 0.2) is 0 Å². The van der Waals surface area contributed by atoms with Crippen LogP contribution in [0, 0.1) is 0 Å². The van der Waals surface area contributed by atoms with E-state index in [9.17, 15) is 13.2 Å². The third kappa shape index (κ3) is 3.05. The van der Waals surface area contributed by atoms with Gasteiger partial charge in [0.1, 0.15) is 5.01 Å². The van der Waals surface area contributed by atoms with Gasteiger partial charge in [-0.05, 0) is 18.4 Å². The zero-order valence-electron chi connectivity index (χ0n) is 9.49. The first-order chi connectivity index (χ1) is 8.50. The third-order valence-electron chi connectivity index (χ3n) is 2.30. The Morgan fingerprint density at radius 1 is 1.22 bits per heavy atom. The van der Waals surface area contributed by atoms with Gasteiger partial charge in [0.2, 0.25) is 0 Å². The van der Waals surface area contributed by atoms with E-state index in [-0.39, 0.29) is 0 Å². The molecule has 2 rings (SSSR count). The van der Waals surface area contributed by atoms with E-state index in [0.717, 1.165) is 34.2 Å². The molecule has 0 fully saturated rings.